The van der Waals surface area contributed by atoms with E-state index in [0.717, 1.165) is 25.7 Å². The van der Waals surface area contributed by atoms with Crippen LogP contribution < -0.4 is 0 Å². The molecule has 8 nitrogen and oxygen atoms in total. The fourth-order valence-corrected chi connectivity index (χ4v) is 3.37. The van der Waals surface area contributed by atoms with Gasteiger partial charge in [-0.3, -0.25) is 19.2 Å². The van der Waals surface area contributed by atoms with Gasteiger partial charge >= 0.3 is 23.9 Å². The van der Waals surface area contributed by atoms with E-state index in [1.807, 2.05) is 0 Å². The molecule has 0 amide bonds. The van der Waals surface area contributed by atoms with E-state index in [0.29, 0.717) is 51.7 Å². The Kier molecular flexibility index (Phi) is 29.1. The van der Waals surface area contributed by atoms with Gasteiger partial charge in [-0.1, -0.05) is 78.1 Å². The fourth-order valence-electron chi connectivity index (χ4n) is 3.37. The largest absolute Gasteiger partial charge is 0.481 e. The summed E-state index contributed by atoms with van der Waals surface area (Å²) in [6.45, 7) is 5.48. The highest BCUT2D eigenvalue weighted by molar-refractivity contribution is 5.70. The van der Waals surface area contributed by atoms with Crippen molar-refractivity contribution in [1.82, 2.24) is 0 Å². The molecule has 0 unspecified atom stereocenters. The molecule has 0 spiro atoms. The number of hydrogen-bond donors (Lipinski definition) is 2. The molecule has 2 N–H and O–H groups in total. The molecule has 8 heteroatoms. The van der Waals surface area contributed by atoms with Crippen LogP contribution in [0.4, 0.5) is 0 Å². The Hall–Kier alpha value is -2.12. The standard InChI is InChI=1S/C22H42O4.C6H10O4/c1-3-5-7-9-11-15-19-25-21(23)17-13-14-18-22(24)26-20-16-12-10-8-6-4-2;7-5(8)3-1-2-4-6(9)10/h3-20H2,1-2H3;1-4H2,(H,7,8)(H,9,10). The first-order valence-corrected chi connectivity index (χ1v) is 14.1. The maximum atomic E-state index is 11.6. The van der Waals surface area contributed by atoms with Gasteiger partial charge in [-0.05, 0) is 38.5 Å². The zero-order valence-corrected chi connectivity index (χ0v) is 22.9. The number of carbonyl (C=O) groups excluding carboxylic acids is 2. The molecule has 0 aliphatic rings. The molecule has 0 aromatic rings. The third-order valence-electron chi connectivity index (χ3n) is 5.56. The average molecular weight is 517 g/mol. The minimum atomic E-state index is -0.870. The summed E-state index contributed by atoms with van der Waals surface area (Å²) in [4.78, 5) is 43.0. The number of rotatable bonds is 24. The number of unbranched alkanes of at least 4 members (excludes halogenated alkanes) is 12. The number of ether oxygens (including phenoxy) is 2. The van der Waals surface area contributed by atoms with E-state index in [1.54, 1.807) is 0 Å². The van der Waals surface area contributed by atoms with E-state index in [-0.39, 0.29) is 24.8 Å². The van der Waals surface area contributed by atoms with Crippen molar-refractivity contribution < 1.29 is 38.9 Å². The van der Waals surface area contributed by atoms with E-state index in [1.165, 1.54) is 51.4 Å². The third kappa shape index (κ3) is 34.0. The normalized spacial score (nSPS) is 10.3. The topological polar surface area (TPSA) is 127 Å². The van der Waals surface area contributed by atoms with E-state index in [4.69, 9.17) is 19.7 Å². The first-order valence-electron chi connectivity index (χ1n) is 14.1. The summed E-state index contributed by atoms with van der Waals surface area (Å²) in [6, 6.07) is 0. The minimum absolute atomic E-state index is 0.0628. The molecule has 0 saturated carbocycles. The van der Waals surface area contributed by atoms with Gasteiger partial charge in [0.05, 0.1) is 13.2 Å². The van der Waals surface area contributed by atoms with Crippen LogP contribution in [-0.2, 0) is 28.7 Å². The highest BCUT2D eigenvalue weighted by Crippen LogP contribution is 2.08. The average Bonchev–Trinajstić information content (AvgIpc) is 2.83. The summed E-state index contributed by atoms with van der Waals surface area (Å²) >= 11 is 0. The van der Waals surface area contributed by atoms with E-state index < -0.39 is 11.9 Å². The number of aliphatic carboxylic acids is 2. The van der Waals surface area contributed by atoms with Crippen molar-refractivity contribution in [3.8, 4) is 0 Å². The van der Waals surface area contributed by atoms with Gasteiger partial charge in [0.2, 0.25) is 0 Å². The Morgan fingerprint density at radius 1 is 0.444 bits per heavy atom. The monoisotopic (exact) mass is 516 g/mol. The number of carboxylic acids is 2. The molecule has 0 saturated heterocycles. The third-order valence-corrected chi connectivity index (χ3v) is 5.56. The van der Waals surface area contributed by atoms with Gasteiger partial charge in [-0.25, -0.2) is 0 Å². The van der Waals surface area contributed by atoms with Crippen LogP contribution in [0.25, 0.3) is 0 Å². The molecule has 0 bridgehead atoms. The van der Waals surface area contributed by atoms with Gasteiger partial charge in [-0.15, -0.1) is 0 Å². The molecule has 212 valence electrons. The number of esters is 2. The quantitative estimate of drug-likeness (QED) is 0.103. The summed E-state index contributed by atoms with van der Waals surface area (Å²) in [5, 5.41) is 16.3. The lowest BCUT2D eigenvalue weighted by molar-refractivity contribution is -0.146. The summed E-state index contributed by atoms with van der Waals surface area (Å²) in [7, 11) is 0. The first kappa shape index (κ1) is 36.0. The minimum Gasteiger partial charge on any atom is -0.481 e. The van der Waals surface area contributed by atoms with Crippen molar-refractivity contribution in [2.75, 3.05) is 13.2 Å². The summed E-state index contributed by atoms with van der Waals surface area (Å²) in [5.41, 5.74) is 0. The second-order valence-corrected chi connectivity index (χ2v) is 9.18. The Balaban J connectivity index is 0. The molecule has 0 fully saturated rings. The van der Waals surface area contributed by atoms with E-state index in [2.05, 4.69) is 13.8 Å². The molecular formula is C28H52O8. The predicted molar refractivity (Wildman–Crippen MR) is 141 cm³/mol. The number of carbonyl (C=O) groups is 4. The van der Waals surface area contributed by atoms with Crippen LogP contribution >= 0.6 is 0 Å². The maximum Gasteiger partial charge on any atom is 0.305 e. The predicted octanol–water partition coefficient (Wildman–Crippen LogP) is 7.07. The highest BCUT2D eigenvalue weighted by atomic mass is 16.5. The lowest BCUT2D eigenvalue weighted by Gasteiger charge is -2.06. The van der Waals surface area contributed by atoms with Crippen molar-refractivity contribution in [3.63, 3.8) is 0 Å². The zero-order valence-electron chi connectivity index (χ0n) is 22.9. The molecule has 0 heterocycles. The van der Waals surface area contributed by atoms with Crippen molar-refractivity contribution in [2.24, 2.45) is 0 Å². The molecule has 0 radical (unpaired) electrons. The molecule has 0 aromatic carbocycles. The van der Waals surface area contributed by atoms with Gasteiger partial charge in [0.25, 0.3) is 0 Å². The molecule has 0 aromatic heterocycles. The van der Waals surface area contributed by atoms with Gasteiger partial charge < -0.3 is 19.7 Å². The van der Waals surface area contributed by atoms with Gasteiger partial charge in [0.1, 0.15) is 0 Å². The number of carboxylic acid groups (broad SMARTS) is 2. The molecule has 0 aliphatic heterocycles. The molecule has 0 aliphatic carbocycles. The summed E-state index contributed by atoms with van der Waals surface area (Å²) < 4.78 is 10.4. The van der Waals surface area contributed by atoms with Gasteiger partial charge in [0.15, 0.2) is 0 Å². The maximum absolute atomic E-state index is 11.6. The van der Waals surface area contributed by atoms with Gasteiger partial charge in [-0.2, -0.15) is 0 Å². The van der Waals surface area contributed by atoms with Crippen LogP contribution in [0.5, 0.6) is 0 Å². The molecule has 36 heavy (non-hydrogen) atoms. The first-order chi connectivity index (χ1) is 17.3. The van der Waals surface area contributed by atoms with Crippen LogP contribution in [-0.4, -0.2) is 47.3 Å². The van der Waals surface area contributed by atoms with Crippen molar-refractivity contribution >= 4 is 23.9 Å². The summed E-state index contributed by atoms with van der Waals surface area (Å²) in [6.07, 6.45) is 17.5. The lowest BCUT2D eigenvalue weighted by Crippen LogP contribution is -2.08. The van der Waals surface area contributed by atoms with Crippen molar-refractivity contribution in [1.29, 1.82) is 0 Å². The summed E-state index contributed by atoms with van der Waals surface area (Å²) in [5.74, 6) is -2.02. The second kappa shape index (κ2) is 29.1. The Labute approximate surface area is 218 Å². The highest BCUT2D eigenvalue weighted by Gasteiger charge is 2.06. The smallest absolute Gasteiger partial charge is 0.305 e. The molecular weight excluding hydrogens is 464 g/mol. The fraction of sp³-hybridized carbons (Fsp3) is 0.857. The Bertz CT molecular complexity index is 500. The van der Waals surface area contributed by atoms with E-state index in [9.17, 15) is 19.2 Å². The zero-order chi connectivity index (χ0) is 27.3. The van der Waals surface area contributed by atoms with Crippen molar-refractivity contribution in [2.45, 2.75) is 142 Å². The second-order valence-electron chi connectivity index (χ2n) is 9.18. The van der Waals surface area contributed by atoms with E-state index >= 15 is 0 Å². The van der Waals surface area contributed by atoms with Crippen LogP contribution in [0.1, 0.15) is 142 Å². The Morgan fingerprint density at radius 3 is 1.08 bits per heavy atom. The van der Waals surface area contributed by atoms with Crippen LogP contribution in [0.15, 0.2) is 0 Å². The van der Waals surface area contributed by atoms with Crippen molar-refractivity contribution in [3.05, 3.63) is 0 Å². The lowest BCUT2D eigenvalue weighted by atomic mass is 10.1. The van der Waals surface area contributed by atoms with Gasteiger partial charge in [0, 0.05) is 25.7 Å². The SMILES string of the molecule is CCCCCCCCOC(=O)CCCCC(=O)OCCCCCCCC.O=C(O)CCCCC(=O)O. The van der Waals surface area contributed by atoms with Crippen LogP contribution in [0.2, 0.25) is 0 Å². The Morgan fingerprint density at radius 2 is 0.750 bits per heavy atom. The van der Waals surface area contributed by atoms with Crippen LogP contribution in [0, 0.1) is 0 Å². The molecule has 0 rings (SSSR count). The number of hydrogen-bond acceptors (Lipinski definition) is 6. The van der Waals surface area contributed by atoms with Crippen LogP contribution in [0.3, 0.4) is 0 Å². The molecule has 0 atom stereocenters.